The van der Waals surface area contributed by atoms with Crippen LogP contribution in [-0.4, -0.2) is 27.1 Å². The van der Waals surface area contributed by atoms with Crippen LogP contribution in [0.2, 0.25) is 18.1 Å². The number of ether oxygens (including phenoxy) is 2. The molecule has 0 bridgehead atoms. The Morgan fingerprint density at radius 2 is 1.45 bits per heavy atom. The third kappa shape index (κ3) is 9.47. The van der Waals surface area contributed by atoms with Crippen LogP contribution in [0, 0.1) is 18.3 Å². The van der Waals surface area contributed by atoms with Crippen molar-refractivity contribution in [2.24, 2.45) is 5.92 Å². The molecular weight excluding hydrogens is 424 g/mol. The Hall–Kier alpha value is -1.90. The van der Waals surface area contributed by atoms with E-state index in [9.17, 15) is 0 Å². The predicted octanol–water partition coefficient (Wildman–Crippen LogP) is 7.23. The van der Waals surface area contributed by atoms with E-state index >= 15 is 0 Å². The Labute approximate surface area is 203 Å². The molecule has 0 aliphatic heterocycles. The molecule has 0 unspecified atom stereocenters. The first-order valence-electron chi connectivity index (χ1n) is 12.0. The second kappa shape index (κ2) is 13.1. The van der Waals surface area contributed by atoms with Gasteiger partial charge in [0.15, 0.2) is 8.32 Å². The van der Waals surface area contributed by atoms with Gasteiger partial charge in [-0.25, -0.2) is 0 Å². The van der Waals surface area contributed by atoms with Crippen LogP contribution < -0.4 is 0 Å². The highest BCUT2D eigenvalue weighted by atomic mass is 28.4. The molecular formula is C29H42O3Si. The number of hydrogen-bond acceptors (Lipinski definition) is 3. The Morgan fingerprint density at radius 3 is 1.97 bits per heavy atom. The van der Waals surface area contributed by atoms with E-state index in [1.165, 1.54) is 11.1 Å². The summed E-state index contributed by atoms with van der Waals surface area (Å²) in [6, 6.07) is 20.6. The van der Waals surface area contributed by atoms with Gasteiger partial charge in [-0.05, 0) is 49.0 Å². The summed E-state index contributed by atoms with van der Waals surface area (Å²) in [5.74, 6) is 2.94. The van der Waals surface area contributed by atoms with Gasteiger partial charge in [0.05, 0.1) is 25.4 Å². The fourth-order valence-electron chi connectivity index (χ4n) is 3.31. The standard InChI is InChI=1S/C29H42O3Si/c1-8-24(2)28(32-33(6,7)29(3,4)5)21-27(31-23-26-17-13-10-14-18-26)19-20-30-22-25-15-11-9-12-16-25/h1,9-18,24,27-28H,19-23H2,2-7H3/t24-,27-,28+/m0/s1. The van der Waals surface area contributed by atoms with Gasteiger partial charge in [-0.2, -0.15) is 0 Å². The Kier molecular flexibility index (Phi) is 10.9. The van der Waals surface area contributed by atoms with Gasteiger partial charge >= 0.3 is 0 Å². The topological polar surface area (TPSA) is 27.7 Å². The molecule has 0 heterocycles. The van der Waals surface area contributed by atoms with Gasteiger partial charge in [-0.15, -0.1) is 12.3 Å². The number of terminal acetylenes is 1. The van der Waals surface area contributed by atoms with Crippen LogP contribution in [0.15, 0.2) is 60.7 Å². The molecule has 0 aliphatic carbocycles. The van der Waals surface area contributed by atoms with Crippen molar-refractivity contribution in [2.75, 3.05) is 6.61 Å². The minimum Gasteiger partial charge on any atom is -0.413 e. The molecule has 0 aliphatic rings. The Bertz CT molecular complexity index is 837. The normalized spacial score (nSPS) is 14.9. The van der Waals surface area contributed by atoms with Crippen LogP contribution in [0.3, 0.4) is 0 Å². The molecule has 0 fully saturated rings. The molecule has 180 valence electrons. The molecule has 0 aromatic heterocycles. The van der Waals surface area contributed by atoms with Gasteiger partial charge < -0.3 is 13.9 Å². The molecule has 4 heteroatoms. The van der Waals surface area contributed by atoms with E-state index < -0.39 is 8.32 Å². The molecule has 0 amide bonds. The lowest BCUT2D eigenvalue weighted by Crippen LogP contribution is -2.46. The van der Waals surface area contributed by atoms with E-state index in [0.29, 0.717) is 19.8 Å². The van der Waals surface area contributed by atoms with Crippen molar-refractivity contribution < 1.29 is 13.9 Å². The smallest absolute Gasteiger partial charge is 0.192 e. The SMILES string of the molecule is C#C[C@H](C)[C@@H](C[C@H](CCOCc1ccccc1)OCc1ccccc1)O[Si](C)(C)C(C)(C)C. The third-order valence-electron chi connectivity index (χ3n) is 6.59. The van der Waals surface area contributed by atoms with Gasteiger partial charge in [0.25, 0.3) is 0 Å². The summed E-state index contributed by atoms with van der Waals surface area (Å²) < 4.78 is 19.2. The first-order valence-corrected chi connectivity index (χ1v) is 14.9. The maximum absolute atomic E-state index is 6.79. The van der Waals surface area contributed by atoms with E-state index in [1.807, 2.05) is 36.4 Å². The van der Waals surface area contributed by atoms with Gasteiger partial charge in [0, 0.05) is 12.5 Å². The highest BCUT2D eigenvalue weighted by molar-refractivity contribution is 6.74. The number of benzene rings is 2. The summed E-state index contributed by atoms with van der Waals surface area (Å²) >= 11 is 0. The summed E-state index contributed by atoms with van der Waals surface area (Å²) in [7, 11) is -1.97. The van der Waals surface area contributed by atoms with E-state index in [4.69, 9.17) is 20.3 Å². The second-order valence-electron chi connectivity index (χ2n) is 10.4. The fourth-order valence-corrected chi connectivity index (χ4v) is 4.72. The zero-order valence-electron chi connectivity index (χ0n) is 21.3. The highest BCUT2D eigenvalue weighted by Gasteiger charge is 2.40. The van der Waals surface area contributed by atoms with Crippen molar-refractivity contribution in [3.63, 3.8) is 0 Å². The van der Waals surface area contributed by atoms with Crippen LogP contribution in [0.1, 0.15) is 51.7 Å². The van der Waals surface area contributed by atoms with Crippen molar-refractivity contribution in [1.29, 1.82) is 0 Å². The van der Waals surface area contributed by atoms with Gasteiger partial charge in [-0.1, -0.05) is 81.4 Å². The number of hydrogen-bond donors (Lipinski definition) is 0. The summed E-state index contributed by atoms with van der Waals surface area (Å²) in [6.45, 7) is 15.2. The summed E-state index contributed by atoms with van der Waals surface area (Å²) in [6.07, 6.45) is 7.38. The largest absolute Gasteiger partial charge is 0.413 e. The van der Waals surface area contributed by atoms with Gasteiger partial charge in [0.1, 0.15) is 0 Å². The lowest BCUT2D eigenvalue weighted by atomic mass is 9.98. The minimum absolute atomic E-state index is 0.00606. The van der Waals surface area contributed by atoms with Crippen LogP contribution in [0.4, 0.5) is 0 Å². The average molecular weight is 467 g/mol. The van der Waals surface area contributed by atoms with E-state index in [0.717, 1.165) is 12.8 Å². The van der Waals surface area contributed by atoms with Crippen molar-refractivity contribution in [1.82, 2.24) is 0 Å². The molecule has 0 saturated heterocycles. The van der Waals surface area contributed by atoms with Crippen molar-refractivity contribution in [3.8, 4) is 12.3 Å². The summed E-state index contributed by atoms with van der Waals surface area (Å²) in [5.41, 5.74) is 2.35. The first-order chi connectivity index (χ1) is 15.6. The van der Waals surface area contributed by atoms with Gasteiger partial charge in [-0.3, -0.25) is 0 Å². The minimum atomic E-state index is -1.97. The lowest BCUT2D eigenvalue weighted by molar-refractivity contribution is -0.0210. The van der Waals surface area contributed by atoms with E-state index in [2.05, 4.69) is 71.0 Å². The third-order valence-corrected chi connectivity index (χ3v) is 11.1. The van der Waals surface area contributed by atoms with Crippen LogP contribution >= 0.6 is 0 Å². The lowest BCUT2D eigenvalue weighted by Gasteiger charge is -2.41. The molecule has 2 rings (SSSR count). The number of rotatable bonds is 13. The molecule has 0 radical (unpaired) electrons. The Morgan fingerprint density at radius 1 is 0.909 bits per heavy atom. The fraction of sp³-hybridized carbons (Fsp3) is 0.517. The quantitative estimate of drug-likeness (QED) is 0.177. The zero-order chi connectivity index (χ0) is 24.3. The molecule has 2 aromatic carbocycles. The molecule has 2 aromatic rings. The Balaban J connectivity index is 2.05. The second-order valence-corrected chi connectivity index (χ2v) is 15.1. The molecule has 0 spiro atoms. The molecule has 33 heavy (non-hydrogen) atoms. The highest BCUT2D eigenvalue weighted by Crippen LogP contribution is 2.39. The van der Waals surface area contributed by atoms with Crippen molar-refractivity contribution in [2.45, 2.75) is 84.1 Å². The van der Waals surface area contributed by atoms with E-state index in [-0.39, 0.29) is 23.2 Å². The summed E-state index contributed by atoms with van der Waals surface area (Å²) in [5, 5.41) is 0.124. The molecule has 3 nitrogen and oxygen atoms in total. The molecule has 0 N–H and O–H groups in total. The zero-order valence-corrected chi connectivity index (χ0v) is 22.3. The van der Waals surface area contributed by atoms with Crippen molar-refractivity contribution in [3.05, 3.63) is 71.8 Å². The maximum atomic E-state index is 6.79. The monoisotopic (exact) mass is 466 g/mol. The predicted molar refractivity (Wildman–Crippen MR) is 140 cm³/mol. The van der Waals surface area contributed by atoms with Crippen LogP contribution in [0.25, 0.3) is 0 Å². The molecule has 0 saturated carbocycles. The first kappa shape index (κ1) is 27.3. The van der Waals surface area contributed by atoms with Crippen LogP contribution in [-0.2, 0) is 27.1 Å². The van der Waals surface area contributed by atoms with Crippen molar-refractivity contribution >= 4 is 8.32 Å². The summed E-state index contributed by atoms with van der Waals surface area (Å²) in [4.78, 5) is 0. The van der Waals surface area contributed by atoms with Crippen LogP contribution in [0.5, 0.6) is 0 Å². The van der Waals surface area contributed by atoms with Gasteiger partial charge in [0.2, 0.25) is 0 Å². The average Bonchev–Trinajstić information content (AvgIpc) is 2.79. The van der Waals surface area contributed by atoms with E-state index in [1.54, 1.807) is 0 Å². The maximum Gasteiger partial charge on any atom is 0.192 e. The molecule has 3 atom stereocenters.